The van der Waals surface area contributed by atoms with Crippen LogP contribution >= 0.6 is 0 Å². The van der Waals surface area contributed by atoms with Gasteiger partial charge >= 0.3 is 0 Å². The molecule has 0 spiro atoms. The molecular formula is C11H17N. The van der Waals surface area contributed by atoms with Gasteiger partial charge in [-0.05, 0) is 38.3 Å². The summed E-state index contributed by atoms with van der Waals surface area (Å²) >= 11 is 0. The molecule has 66 valence electrons. The number of rotatable bonds is 2. The summed E-state index contributed by atoms with van der Waals surface area (Å²) in [5.74, 6) is 0.785. The van der Waals surface area contributed by atoms with Crippen molar-refractivity contribution in [3.8, 4) is 0 Å². The Morgan fingerprint density at radius 2 is 2.00 bits per heavy atom. The SMILES string of the molecule is C1=CCC(CN2CCCC2)C=C1. The van der Waals surface area contributed by atoms with Gasteiger partial charge in [-0.15, -0.1) is 0 Å². The van der Waals surface area contributed by atoms with Crippen molar-refractivity contribution in [1.82, 2.24) is 4.90 Å². The molecule has 0 aromatic rings. The van der Waals surface area contributed by atoms with Gasteiger partial charge in [-0.1, -0.05) is 24.3 Å². The van der Waals surface area contributed by atoms with E-state index in [1.165, 1.54) is 38.9 Å². The molecule has 1 heterocycles. The first-order valence-electron chi connectivity index (χ1n) is 5.01. The van der Waals surface area contributed by atoms with E-state index in [0.29, 0.717) is 0 Å². The lowest BCUT2D eigenvalue weighted by Crippen LogP contribution is -2.25. The van der Waals surface area contributed by atoms with E-state index >= 15 is 0 Å². The van der Waals surface area contributed by atoms with E-state index < -0.39 is 0 Å². The number of hydrogen-bond acceptors (Lipinski definition) is 1. The smallest absolute Gasteiger partial charge is 0.00474 e. The van der Waals surface area contributed by atoms with Gasteiger partial charge in [0, 0.05) is 6.54 Å². The highest BCUT2D eigenvalue weighted by Gasteiger charge is 2.15. The largest absolute Gasteiger partial charge is 0.303 e. The van der Waals surface area contributed by atoms with E-state index in [1.54, 1.807) is 0 Å². The molecule has 0 N–H and O–H groups in total. The summed E-state index contributed by atoms with van der Waals surface area (Å²) in [5, 5.41) is 0. The molecule has 1 aliphatic heterocycles. The van der Waals surface area contributed by atoms with Gasteiger partial charge in [-0.2, -0.15) is 0 Å². The Morgan fingerprint density at radius 3 is 2.67 bits per heavy atom. The van der Waals surface area contributed by atoms with Crippen molar-refractivity contribution in [2.75, 3.05) is 19.6 Å². The van der Waals surface area contributed by atoms with Crippen molar-refractivity contribution >= 4 is 0 Å². The van der Waals surface area contributed by atoms with E-state index in [-0.39, 0.29) is 0 Å². The Morgan fingerprint density at radius 1 is 1.17 bits per heavy atom. The van der Waals surface area contributed by atoms with Crippen LogP contribution in [0.15, 0.2) is 24.3 Å². The van der Waals surface area contributed by atoms with Crippen LogP contribution < -0.4 is 0 Å². The third-order valence-electron chi connectivity index (χ3n) is 2.76. The van der Waals surface area contributed by atoms with E-state index in [0.717, 1.165) is 5.92 Å². The first-order valence-corrected chi connectivity index (χ1v) is 5.01. The molecule has 1 aliphatic carbocycles. The van der Waals surface area contributed by atoms with E-state index in [1.807, 2.05) is 0 Å². The molecule has 1 atom stereocenters. The number of allylic oxidation sites excluding steroid dienone is 3. The van der Waals surface area contributed by atoms with Gasteiger partial charge in [-0.3, -0.25) is 0 Å². The van der Waals surface area contributed by atoms with Gasteiger partial charge in [0.25, 0.3) is 0 Å². The minimum atomic E-state index is 0.785. The Hall–Kier alpha value is -0.560. The first kappa shape index (κ1) is 8.06. The minimum absolute atomic E-state index is 0.785. The predicted octanol–water partition coefficient (Wildman–Crippen LogP) is 2.21. The van der Waals surface area contributed by atoms with Crippen LogP contribution in [0.4, 0.5) is 0 Å². The van der Waals surface area contributed by atoms with Gasteiger partial charge in [0.1, 0.15) is 0 Å². The molecule has 0 amide bonds. The van der Waals surface area contributed by atoms with Crippen LogP contribution in [-0.2, 0) is 0 Å². The standard InChI is InChI=1S/C11H17N/c1-2-6-11(7-3-1)10-12-8-4-5-9-12/h1-3,6,11H,4-5,7-10H2. The number of hydrogen-bond donors (Lipinski definition) is 0. The second kappa shape index (κ2) is 3.90. The molecule has 1 unspecified atom stereocenters. The van der Waals surface area contributed by atoms with Crippen LogP contribution in [0.1, 0.15) is 19.3 Å². The Kier molecular flexibility index (Phi) is 2.62. The average Bonchev–Trinajstić information content (AvgIpc) is 2.59. The summed E-state index contributed by atoms with van der Waals surface area (Å²) in [4.78, 5) is 2.59. The van der Waals surface area contributed by atoms with Crippen LogP contribution in [0.25, 0.3) is 0 Å². The van der Waals surface area contributed by atoms with Gasteiger partial charge in [-0.25, -0.2) is 0 Å². The number of likely N-dealkylation sites (tertiary alicyclic amines) is 1. The molecule has 2 rings (SSSR count). The van der Waals surface area contributed by atoms with E-state index in [9.17, 15) is 0 Å². The highest BCUT2D eigenvalue weighted by atomic mass is 15.1. The Labute approximate surface area is 74.8 Å². The predicted molar refractivity (Wildman–Crippen MR) is 52.1 cm³/mol. The molecular weight excluding hydrogens is 146 g/mol. The fourth-order valence-corrected chi connectivity index (χ4v) is 2.06. The van der Waals surface area contributed by atoms with Crippen molar-refractivity contribution in [2.24, 2.45) is 5.92 Å². The van der Waals surface area contributed by atoms with E-state index in [4.69, 9.17) is 0 Å². The zero-order valence-electron chi connectivity index (χ0n) is 7.58. The monoisotopic (exact) mass is 163 g/mol. The van der Waals surface area contributed by atoms with Gasteiger partial charge < -0.3 is 4.90 Å². The van der Waals surface area contributed by atoms with E-state index in [2.05, 4.69) is 29.2 Å². The van der Waals surface area contributed by atoms with Crippen molar-refractivity contribution in [3.05, 3.63) is 24.3 Å². The van der Waals surface area contributed by atoms with Crippen molar-refractivity contribution in [3.63, 3.8) is 0 Å². The Bertz CT molecular complexity index is 187. The molecule has 12 heavy (non-hydrogen) atoms. The second-order valence-corrected chi connectivity index (χ2v) is 3.82. The molecule has 1 heteroatoms. The number of nitrogens with zero attached hydrogens (tertiary/aromatic N) is 1. The summed E-state index contributed by atoms with van der Waals surface area (Å²) in [6.07, 6.45) is 13.0. The topological polar surface area (TPSA) is 3.24 Å². The second-order valence-electron chi connectivity index (χ2n) is 3.82. The lowest BCUT2D eigenvalue weighted by atomic mass is 10.0. The maximum Gasteiger partial charge on any atom is 0.00474 e. The van der Waals surface area contributed by atoms with Gasteiger partial charge in [0.05, 0.1) is 0 Å². The average molecular weight is 163 g/mol. The van der Waals surface area contributed by atoms with Crippen molar-refractivity contribution in [1.29, 1.82) is 0 Å². The summed E-state index contributed by atoms with van der Waals surface area (Å²) in [7, 11) is 0. The maximum atomic E-state index is 2.59. The lowest BCUT2D eigenvalue weighted by molar-refractivity contribution is 0.302. The van der Waals surface area contributed by atoms with Crippen LogP contribution in [0.5, 0.6) is 0 Å². The lowest BCUT2D eigenvalue weighted by Gasteiger charge is -2.20. The third kappa shape index (κ3) is 1.98. The summed E-state index contributed by atoms with van der Waals surface area (Å²) < 4.78 is 0. The first-order chi connectivity index (χ1) is 5.95. The third-order valence-corrected chi connectivity index (χ3v) is 2.76. The van der Waals surface area contributed by atoms with Gasteiger partial charge in [0.15, 0.2) is 0 Å². The molecule has 1 saturated heterocycles. The summed E-state index contributed by atoms with van der Waals surface area (Å²) in [6, 6.07) is 0. The molecule has 0 radical (unpaired) electrons. The molecule has 0 aromatic carbocycles. The van der Waals surface area contributed by atoms with Crippen molar-refractivity contribution in [2.45, 2.75) is 19.3 Å². The van der Waals surface area contributed by atoms with Crippen molar-refractivity contribution < 1.29 is 0 Å². The van der Waals surface area contributed by atoms with Crippen LogP contribution in [0.3, 0.4) is 0 Å². The fraction of sp³-hybridized carbons (Fsp3) is 0.636. The fourth-order valence-electron chi connectivity index (χ4n) is 2.06. The zero-order valence-corrected chi connectivity index (χ0v) is 7.58. The highest BCUT2D eigenvalue weighted by Crippen LogP contribution is 2.16. The molecule has 2 aliphatic rings. The van der Waals surface area contributed by atoms with Gasteiger partial charge in [0.2, 0.25) is 0 Å². The quantitative estimate of drug-likeness (QED) is 0.603. The maximum absolute atomic E-state index is 2.59. The normalized spacial score (nSPS) is 29.8. The highest BCUT2D eigenvalue weighted by molar-refractivity contribution is 5.11. The zero-order chi connectivity index (χ0) is 8.23. The molecule has 1 nitrogen and oxygen atoms in total. The Balaban J connectivity index is 1.78. The van der Waals surface area contributed by atoms with Crippen LogP contribution in [0.2, 0.25) is 0 Å². The summed E-state index contributed by atoms with van der Waals surface area (Å²) in [6.45, 7) is 3.93. The summed E-state index contributed by atoms with van der Waals surface area (Å²) in [5.41, 5.74) is 0. The molecule has 0 saturated carbocycles. The molecule has 0 aromatic heterocycles. The van der Waals surface area contributed by atoms with Crippen LogP contribution in [0, 0.1) is 5.92 Å². The van der Waals surface area contributed by atoms with Crippen LogP contribution in [-0.4, -0.2) is 24.5 Å². The molecule has 1 fully saturated rings. The minimum Gasteiger partial charge on any atom is -0.303 e. The molecule has 0 bridgehead atoms.